The van der Waals surface area contributed by atoms with Crippen LogP contribution in [0, 0.1) is 11.8 Å². The number of primary amides is 1. The first-order valence-corrected chi connectivity index (χ1v) is 11.6. The van der Waals surface area contributed by atoms with E-state index in [0.29, 0.717) is 39.1 Å². The first-order valence-electron chi connectivity index (χ1n) is 11.6. The summed E-state index contributed by atoms with van der Waals surface area (Å²) in [4.78, 5) is 28.9. The van der Waals surface area contributed by atoms with Crippen molar-refractivity contribution in [2.45, 2.75) is 18.9 Å². The molecule has 0 radical (unpaired) electrons. The molecule has 1 heterocycles. The van der Waals surface area contributed by atoms with Crippen molar-refractivity contribution in [3.05, 3.63) is 51.5 Å². The lowest BCUT2D eigenvalue weighted by Gasteiger charge is -2.44. The van der Waals surface area contributed by atoms with Gasteiger partial charge in [0, 0.05) is 35.8 Å². The molecule has 0 spiro atoms. The number of morpholine rings is 1. The minimum Gasteiger partial charge on any atom is -0.507 e. The second-order valence-electron chi connectivity index (χ2n) is 9.69. The van der Waals surface area contributed by atoms with Crippen LogP contribution in [-0.4, -0.2) is 83.5 Å². The number of phenolic OH excluding ortho intramolecular Hbond substituents is 1. The zero-order valence-corrected chi connectivity index (χ0v) is 19.6. The molecular weight excluding hydrogens is 454 g/mol. The summed E-state index contributed by atoms with van der Waals surface area (Å²) in [5.74, 6) is -4.12. The molecule has 1 aromatic rings. The fraction of sp³-hybridized carbons (Fsp3) is 0.440. The Morgan fingerprint density at radius 3 is 2.37 bits per heavy atom. The molecule has 0 saturated carbocycles. The Labute approximate surface area is 202 Å². The van der Waals surface area contributed by atoms with Gasteiger partial charge in [0.1, 0.15) is 28.6 Å². The molecule has 1 amide bonds. The molecule has 1 unspecified atom stereocenters. The molecule has 3 atom stereocenters. The normalized spacial score (nSPS) is 26.7. The fourth-order valence-electron chi connectivity index (χ4n) is 6.11. The molecule has 1 saturated heterocycles. The average Bonchev–Trinajstić information content (AvgIpc) is 2.78. The van der Waals surface area contributed by atoms with E-state index in [-0.39, 0.29) is 39.9 Å². The highest BCUT2D eigenvalue weighted by atomic mass is 16.5. The van der Waals surface area contributed by atoms with Crippen molar-refractivity contribution >= 4 is 23.1 Å². The van der Waals surface area contributed by atoms with Crippen LogP contribution in [0.3, 0.4) is 0 Å². The van der Waals surface area contributed by atoms with Crippen LogP contribution in [0.25, 0.3) is 5.76 Å². The average molecular weight is 484 g/mol. The number of carbonyl (C=O) groups excluding carboxylic acids is 2. The Morgan fingerprint density at radius 1 is 1.06 bits per heavy atom. The maximum absolute atomic E-state index is 13.1. The molecule has 3 aliphatic carbocycles. The van der Waals surface area contributed by atoms with Gasteiger partial charge in [0.2, 0.25) is 0 Å². The van der Waals surface area contributed by atoms with E-state index in [9.17, 15) is 30.0 Å². The van der Waals surface area contributed by atoms with Crippen molar-refractivity contribution in [1.29, 1.82) is 0 Å². The number of likely N-dealkylation sites (N-methyl/N-ethyl adjacent to an activating group) is 1. The molecule has 6 N–H and O–H groups in total. The van der Waals surface area contributed by atoms with Gasteiger partial charge >= 0.3 is 0 Å². The molecule has 5 rings (SSSR count). The maximum Gasteiger partial charge on any atom is 0.256 e. The predicted octanol–water partition coefficient (Wildman–Crippen LogP) is 1.31. The standard InChI is InChI=1S/C25H29N3O7/c1-27(2)20-13-10-11-9-12-14(28-5-7-35-8-6-28)3-4-15(29)17(12)21(30)16(11)22(31)18(13)23(32)19(24(20)33)25(26)34/h3-4,11,13,20,29-32H,5-10H2,1-2H3,(H2,26,34)/t11-,13+,20?/m0/s1. The van der Waals surface area contributed by atoms with E-state index < -0.39 is 35.0 Å². The highest BCUT2D eigenvalue weighted by molar-refractivity contribution is 6.22. The van der Waals surface area contributed by atoms with Gasteiger partial charge in [0.05, 0.1) is 24.8 Å². The minimum atomic E-state index is -1.08. The summed E-state index contributed by atoms with van der Waals surface area (Å²) in [5.41, 5.74) is 6.91. The summed E-state index contributed by atoms with van der Waals surface area (Å²) in [5, 5.41) is 44.2. The second kappa shape index (κ2) is 8.31. The van der Waals surface area contributed by atoms with Gasteiger partial charge in [-0.15, -0.1) is 0 Å². The molecule has 1 fully saturated rings. The number of hydrogen-bond donors (Lipinski definition) is 5. The number of hydrogen-bond acceptors (Lipinski definition) is 9. The molecule has 10 heteroatoms. The lowest BCUT2D eigenvalue weighted by Crippen LogP contribution is -2.51. The van der Waals surface area contributed by atoms with E-state index in [0.717, 1.165) is 11.3 Å². The van der Waals surface area contributed by atoms with Gasteiger partial charge < -0.3 is 35.8 Å². The SMILES string of the molecule is CN(C)C1C(=O)C(C(N)=O)=C(O)C2=C(O)C3=C(O)c4c(O)ccc(N5CCOCC5)c4C[C@H]3C[C@H]21. The summed E-state index contributed by atoms with van der Waals surface area (Å²) in [6.45, 7) is 2.48. The van der Waals surface area contributed by atoms with Crippen LogP contribution in [0.1, 0.15) is 17.5 Å². The number of carbonyl (C=O) groups is 2. The number of phenols is 1. The zero-order chi connectivity index (χ0) is 25.2. The number of benzene rings is 1. The number of ketones is 1. The van der Waals surface area contributed by atoms with Gasteiger partial charge in [-0.2, -0.15) is 0 Å². The van der Waals surface area contributed by atoms with Crippen molar-refractivity contribution in [2.75, 3.05) is 45.3 Å². The van der Waals surface area contributed by atoms with Crippen molar-refractivity contribution in [2.24, 2.45) is 17.6 Å². The topological polar surface area (TPSA) is 157 Å². The third kappa shape index (κ3) is 3.39. The largest absolute Gasteiger partial charge is 0.507 e. The van der Waals surface area contributed by atoms with E-state index in [1.165, 1.54) is 6.07 Å². The lowest BCUT2D eigenvalue weighted by molar-refractivity contribution is -0.125. The van der Waals surface area contributed by atoms with Gasteiger partial charge in [0.15, 0.2) is 5.78 Å². The summed E-state index contributed by atoms with van der Waals surface area (Å²) >= 11 is 0. The predicted molar refractivity (Wildman–Crippen MR) is 127 cm³/mol. The Hall–Kier alpha value is -3.50. The molecule has 0 aromatic heterocycles. The number of aliphatic hydroxyl groups is 3. The van der Waals surface area contributed by atoms with Crippen LogP contribution < -0.4 is 10.6 Å². The molecular formula is C25H29N3O7. The number of anilines is 1. The van der Waals surface area contributed by atoms with E-state index in [1.807, 2.05) is 6.07 Å². The number of aliphatic hydroxyl groups excluding tert-OH is 3. The first kappa shape index (κ1) is 23.3. The second-order valence-corrected chi connectivity index (χ2v) is 9.69. The number of nitrogens with two attached hydrogens (primary N) is 1. The number of rotatable bonds is 3. The number of allylic oxidation sites excluding steroid dienone is 2. The van der Waals surface area contributed by atoms with Crippen LogP contribution in [0.15, 0.2) is 40.4 Å². The summed E-state index contributed by atoms with van der Waals surface area (Å²) < 4.78 is 5.46. The van der Waals surface area contributed by atoms with E-state index in [1.54, 1.807) is 19.0 Å². The van der Waals surface area contributed by atoms with Crippen molar-refractivity contribution in [3.63, 3.8) is 0 Å². The molecule has 35 heavy (non-hydrogen) atoms. The van der Waals surface area contributed by atoms with Gasteiger partial charge in [-0.25, -0.2) is 0 Å². The van der Waals surface area contributed by atoms with Crippen LogP contribution in [0.2, 0.25) is 0 Å². The molecule has 10 nitrogen and oxygen atoms in total. The van der Waals surface area contributed by atoms with Crippen LogP contribution in [0.4, 0.5) is 5.69 Å². The molecule has 1 aliphatic heterocycles. The highest BCUT2D eigenvalue weighted by Crippen LogP contribution is 2.52. The minimum absolute atomic E-state index is 0.0159. The third-order valence-corrected chi connectivity index (χ3v) is 7.58. The summed E-state index contributed by atoms with van der Waals surface area (Å²) in [6, 6.07) is 2.52. The van der Waals surface area contributed by atoms with Gasteiger partial charge in [-0.1, -0.05) is 0 Å². The maximum atomic E-state index is 13.1. The monoisotopic (exact) mass is 483 g/mol. The molecule has 186 valence electrons. The fourth-order valence-corrected chi connectivity index (χ4v) is 6.11. The Kier molecular flexibility index (Phi) is 5.52. The summed E-state index contributed by atoms with van der Waals surface area (Å²) in [6.07, 6.45) is 0.742. The zero-order valence-electron chi connectivity index (χ0n) is 19.6. The van der Waals surface area contributed by atoms with Gasteiger partial charge in [-0.3, -0.25) is 14.5 Å². The Balaban J connectivity index is 1.72. The quantitative estimate of drug-likeness (QED) is 0.400. The summed E-state index contributed by atoms with van der Waals surface area (Å²) in [7, 11) is 3.37. The Bertz CT molecular complexity index is 1220. The number of ether oxygens (including phenoxy) is 1. The number of Topliss-reactive ketones (excluding diaryl/α,β-unsaturated/α-hetero) is 1. The Morgan fingerprint density at radius 2 is 1.74 bits per heavy atom. The highest BCUT2D eigenvalue weighted by Gasteiger charge is 2.50. The number of aromatic hydroxyl groups is 1. The number of nitrogens with zero attached hydrogens (tertiary/aromatic N) is 2. The number of fused-ring (bicyclic) bond motifs is 3. The number of amides is 1. The smallest absolute Gasteiger partial charge is 0.256 e. The van der Waals surface area contributed by atoms with E-state index >= 15 is 0 Å². The first-order chi connectivity index (χ1) is 16.6. The lowest BCUT2D eigenvalue weighted by atomic mass is 9.64. The van der Waals surface area contributed by atoms with Crippen molar-refractivity contribution in [1.82, 2.24) is 4.90 Å². The molecule has 0 bridgehead atoms. The van der Waals surface area contributed by atoms with Crippen LogP contribution >= 0.6 is 0 Å². The van der Waals surface area contributed by atoms with Crippen molar-refractivity contribution < 1.29 is 34.8 Å². The molecule has 4 aliphatic rings. The van der Waals surface area contributed by atoms with Gasteiger partial charge in [-0.05, 0) is 50.6 Å². The van der Waals surface area contributed by atoms with Crippen molar-refractivity contribution in [3.8, 4) is 5.75 Å². The van der Waals surface area contributed by atoms with E-state index in [2.05, 4.69) is 4.90 Å². The van der Waals surface area contributed by atoms with Crippen LogP contribution in [0.5, 0.6) is 5.75 Å². The molecule has 1 aromatic carbocycles. The van der Waals surface area contributed by atoms with Crippen LogP contribution in [-0.2, 0) is 20.7 Å². The third-order valence-electron chi connectivity index (χ3n) is 7.58. The van der Waals surface area contributed by atoms with E-state index in [4.69, 9.17) is 10.5 Å². The van der Waals surface area contributed by atoms with Gasteiger partial charge in [0.25, 0.3) is 5.91 Å².